The van der Waals surface area contributed by atoms with E-state index >= 15 is 0 Å². The average Bonchev–Trinajstić information content (AvgIpc) is 3.44. The fourth-order valence-corrected chi connectivity index (χ4v) is 4.44. The summed E-state index contributed by atoms with van der Waals surface area (Å²) in [6, 6.07) is 7.18. The minimum Gasteiger partial charge on any atom is -0.462 e. The standard InChI is InChI=1S/C26H33FN6O6/c1-13(2)20(29)25(37)38-11-18-21(34)22(35)26(3,39-18)19-9-8-17-23(30-12-31-33(17)19)32-24(36)16(28)10-14-4-6-15(27)7-5-14/h4-9,12-13,16,18,20-22,34-35H,10-11,28-29H2,1-3H3,(H,30,31,32,36)/t16-,18+,20-,21+,22+,26-/m0/s1. The first kappa shape index (κ1) is 28.5. The molecule has 1 aromatic carbocycles. The minimum absolute atomic E-state index is 0.137. The predicted molar refractivity (Wildman–Crippen MR) is 138 cm³/mol. The van der Waals surface area contributed by atoms with Crippen LogP contribution in [0.2, 0.25) is 0 Å². The van der Waals surface area contributed by atoms with Crippen LogP contribution in [0.4, 0.5) is 10.2 Å². The lowest BCUT2D eigenvalue weighted by Gasteiger charge is -2.27. The van der Waals surface area contributed by atoms with Crippen LogP contribution < -0.4 is 16.8 Å². The molecule has 0 aliphatic carbocycles. The molecule has 1 saturated heterocycles. The number of amides is 1. The summed E-state index contributed by atoms with van der Waals surface area (Å²) in [7, 11) is 0. The molecule has 210 valence electrons. The molecular formula is C26H33FN6O6. The van der Waals surface area contributed by atoms with Crippen molar-refractivity contribution in [3.8, 4) is 0 Å². The maximum atomic E-state index is 13.2. The van der Waals surface area contributed by atoms with Crippen molar-refractivity contribution in [1.29, 1.82) is 0 Å². The first-order chi connectivity index (χ1) is 18.4. The molecule has 3 heterocycles. The third-order valence-corrected chi connectivity index (χ3v) is 6.95. The number of anilines is 1. The summed E-state index contributed by atoms with van der Waals surface area (Å²) in [5.41, 5.74) is 11.9. The van der Waals surface area contributed by atoms with E-state index in [4.69, 9.17) is 20.9 Å². The molecule has 12 nitrogen and oxygen atoms in total. The monoisotopic (exact) mass is 544 g/mol. The summed E-state index contributed by atoms with van der Waals surface area (Å²) in [4.78, 5) is 29.1. The van der Waals surface area contributed by atoms with Gasteiger partial charge < -0.3 is 36.5 Å². The Balaban J connectivity index is 1.50. The smallest absolute Gasteiger partial charge is 0.323 e. The zero-order valence-electron chi connectivity index (χ0n) is 21.8. The third kappa shape index (κ3) is 5.77. The van der Waals surface area contributed by atoms with E-state index in [-0.39, 0.29) is 30.6 Å². The van der Waals surface area contributed by atoms with Crippen molar-refractivity contribution in [3.63, 3.8) is 0 Å². The molecule has 4 rings (SSSR count). The number of aliphatic hydroxyl groups excluding tert-OH is 2. The number of hydrogen-bond donors (Lipinski definition) is 5. The predicted octanol–water partition coefficient (Wildman–Crippen LogP) is 0.239. The number of nitrogens with zero attached hydrogens (tertiary/aromatic N) is 3. The number of aromatic nitrogens is 3. The van der Waals surface area contributed by atoms with Crippen molar-refractivity contribution in [1.82, 2.24) is 14.6 Å². The second kappa shape index (κ2) is 11.3. The van der Waals surface area contributed by atoms with Crippen molar-refractivity contribution < 1.29 is 33.7 Å². The van der Waals surface area contributed by atoms with Crippen LogP contribution >= 0.6 is 0 Å². The van der Waals surface area contributed by atoms with E-state index in [2.05, 4.69) is 15.4 Å². The van der Waals surface area contributed by atoms with Crippen LogP contribution in [0.3, 0.4) is 0 Å². The topological polar surface area (TPSA) is 187 Å². The van der Waals surface area contributed by atoms with Crippen molar-refractivity contribution in [2.24, 2.45) is 17.4 Å². The van der Waals surface area contributed by atoms with Gasteiger partial charge in [-0.25, -0.2) is 13.9 Å². The summed E-state index contributed by atoms with van der Waals surface area (Å²) in [5, 5.41) is 28.5. The van der Waals surface area contributed by atoms with Crippen LogP contribution in [0.25, 0.3) is 5.52 Å². The number of benzene rings is 1. The van der Waals surface area contributed by atoms with Crippen LogP contribution in [-0.4, -0.2) is 73.7 Å². The van der Waals surface area contributed by atoms with Crippen LogP contribution in [-0.2, 0) is 31.1 Å². The van der Waals surface area contributed by atoms with E-state index in [1.165, 1.54) is 23.0 Å². The number of rotatable bonds is 9. The van der Waals surface area contributed by atoms with Gasteiger partial charge in [0.05, 0.1) is 11.7 Å². The highest BCUT2D eigenvalue weighted by atomic mass is 19.1. The Hall–Kier alpha value is -3.49. The van der Waals surface area contributed by atoms with E-state index in [0.29, 0.717) is 16.8 Å². The largest absolute Gasteiger partial charge is 0.462 e. The molecule has 0 radical (unpaired) electrons. The molecule has 1 fully saturated rings. The number of carbonyl (C=O) groups is 2. The lowest BCUT2D eigenvalue weighted by molar-refractivity contribution is -0.154. The second-order valence-electron chi connectivity index (χ2n) is 10.1. The van der Waals surface area contributed by atoms with E-state index in [1.54, 1.807) is 45.0 Å². The van der Waals surface area contributed by atoms with E-state index < -0.39 is 47.9 Å². The van der Waals surface area contributed by atoms with Gasteiger partial charge in [0, 0.05) is 0 Å². The van der Waals surface area contributed by atoms with Crippen LogP contribution in [0.1, 0.15) is 32.0 Å². The first-order valence-corrected chi connectivity index (χ1v) is 12.5. The van der Waals surface area contributed by atoms with Crippen molar-refractivity contribution in [2.75, 3.05) is 11.9 Å². The maximum Gasteiger partial charge on any atom is 0.323 e. The van der Waals surface area contributed by atoms with Gasteiger partial charge in [-0.1, -0.05) is 26.0 Å². The molecule has 1 amide bonds. The molecule has 7 N–H and O–H groups in total. The molecule has 6 atom stereocenters. The number of hydrogen-bond acceptors (Lipinski definition) is 10. The van der Waals surface area contributed by atoms with Gasteiger partial charge in [-0.3, -0.25) is 9.59 Å². The fraction of sp³-hybridized carbons (Fsp3) is 0.462. The van der Waals surface area contributed by atoms with E-state index in [0.717, 1.165) is 0 Å². The lowest BCUT2D eigenvalue weighted by Crippen LogP contribution is -2.41. The zero-order chi connectivity index (χ0) is 28.5. The summed E-state index contributed by atoms with van der Waals surface area (Å²) in [6.07, 6.45) is -2.39. The van der Waals surface area contributed by atoms with E-state index in [1.807, 2.05) is 0 Å². The zero-order valence-corrected chi connectivity index (χ0v) is 21.8. The molecule has 0 saturated carbocycles. The highest BCUT2D eigenvalue weighted by Gasteiger charge is 2.54. The molecule has 3 aromatic rings. The van der Waals surface area contributed by atoms with Gasteiger partial charge in [0.2, 0.25) is 5.91 Å². The molecule has 39 heavy (non-hydrogen) atoms. The molecule has 1 aliphatic rings. The number of esters is 1. The normalized spacial score (nSPS) is 24.6. The highest BCUT2D eigenvalue weighted by molar-refractivity contribution is 5.97. The summed E-state index contributed by atoms with van der Waals surface area (Å²) in [5.74, 6) is -1.50. The first-order valence-electron chi connectivity index (χ1n) is 12.5. The number of nitrogens with one attached hydrogen (secondary N) is 1. The summed E-state index contributed by atoms with van der Waals surface area (Å²) in [6.45, 7) is 4.83. The van der Waals surface area contributed by atoms with Gasteiger partial charge in [0.15, 0.2) is 5.82 Å². The molecule has 0 spiro atoms. The van der Waals surface area contributed by atoms with Gasteiger partial charge >= 0.3 is 5.97 Å². The Morgan fingerprint density at radius 3 is 2.56 bits per heavy atom. The number of aliphatic hydroxyl groups is 2. The number of ether oxygens (including phenoxy) is 2. The van der Waals surface area contributed by atoms with Crippen LogP contribution in [0, 0.1) is 11.7 Å². The Morgan fingerprint density at radius 1 is 1.21 bits per heavy atom. The SMILES string of the molecule is CC(C)[C@H](N)C(=O)OC[C@H]1O[C@@](C)(c2ccc3c(NC(=O)[C@@H](N)Cc4ccc(F)cc4)ncnn23)[C@H](O)[C@@H]1O. The fourth-order valence-electron chi connectivity index (χ4n) is 4.44. The second-order valence-corrected chi connectivity index (χ2v) is 10.1. The molecule has 2 aromatic heterocycles. The maximum absolute atomic E-state index is 13.2. The Bertz CT molecular complexity index is 1330. The third-order valence-electron chi connectivity index (χ3n) is 6.95. The Morgan fingerprint density at radius 2 is 1.90 bits per heavy atom. The number of nitrogens with two attached hydrogens (primary N) is 2. The van der Waals surface area contributed by atoms with Gasteiger partial charge in [0.1, 0.15) is 54.2 Å². The van der Waals surface area contributed by atoms with Crippen molar-refractivity contribution in [3.05, 3.63) is 59.8 Å². The van der Waals surface area contributed by atoms with E-state index in [9.17, 15) is 24.2 Å². The average molecular weight is 545 g/mol. The van der Waals surface area contributed by atoms with Gasteiger partial charge in [0.25, 0.3) is 0 Å². The van der Waals surface area contributed by atoms with Crippen LogP contribution in [0.5, 0.6) is 0 Å². The lowest BCUT2D eigenvalue weighted by atomic mass is 9.93. The van der Waals surface area contributed by atoms with Crippen molar-refractivity contribution in [2.45, 2.75) is 63.2 Å². The highest BCUT2D eigenvalue weighted by Crippen LogP contribution is 2.40. The molecule has 13 heteroatoms. The Kier molecular flexibility index (Phi) is 8.28. The quantitative estimate of drug-likeness (QED) is 0.234. The molecule has 0 bridgehead atoms. The van der Waals surface area contributed by atoms with Gasteiger partial charge in [-0.2, -0.15) is 5.10 Å². The Labute approximate surface area is 224 Å². The summed E-state index contributed by atoms with van der Waals surface area (Å²) >= 11 is 0. The van der Waals surface area contributed by atoms with Gasteiger partial charge in [-0.15, -0.1) is 0 Å². The van der Waals surface area contributed by atoms with Crippen LogP contribution in [0.15, 0.2) is 42.7 Å². The van der Waals surface area contributed by atoms with Crippen molar-refractivity contribution >= 4 is 23.2 Å². The summed E-state index contributed by atoms with van der Waals surface area (Å²) < 4.78 is 25.8. The molecule has 0 unspecified atom stereocenters. The number of fused-ring (bicyclic) bond motifs is 1. The number of carbonyl (C=O) groups excluding carboxylic acids is 2. The molecule has 1 aliphatic heterocycles. The molecular weight excluding hydrogens is 511 g/mol. The minimum atomic E-state index is -1.45. The number of halogens is 1. The van der Waals surface area contributed by atoms with Gasteiger partial charge in [-0.05, 0) is 49.1 Å².